The van der Waals surface area contributed by atoms with Crippen molar-refractivity contribution in [2.24, 2.45) is 5.92 Å². The highest BCUT2D eigenvalue weighted by molar-refractivity contribution is 5.12. The number of aromatic nitrogens is 3. The number of H-pyrrole nitrogens is 1. The summed E-state index contributed by atoms with van der Waals surface area (Å²) in [6, 6.07) is 0. The number of rotatable bonds is 2. The highest BCUT2D eigenvalue weighted by atomic mass is 16.1. The van der Waals surface area contributed by atoms with Gasteiger partial charge in [0.15, 0.2) is 0 Å². The summed E-state index contributed by atoms with van der Waals surface area (Å²) in [4.78, 5) is 20.9. The monoisotopic (exact) mass is 180 g/mol. The van der Waals surface area contributed by atoms with Crippen molar-refractivity contribution in [1.82, 2.24) is 15.0 Å². The lowest BCUT2D eigenvalue weighted by Crippen LogP contribution is -2.21. The van der Waals surface area contributed by atoms with Gasteiger partial charge in [-0.1, -0.05) is 19.3 Å². The molecule has 0 amide bonds. The van der Waals surface area contributed by atoms with E-state index in [0.717, 1.165) is 6.42 Å². The second kappa shape index (κ2) is 3.16. The molecular weight excluding hydrogens is 168 g/mol. The fraction of sp³-hybridized carbons (Fsp3) is 0.625. The third kappa shape index (κ3) is 1.85. The molecule has 5 heteroatoms. The molecule has 0 aromatic carbocycles. The van der Waals surface area contributed by atoms with Gasteiger partial charge in [0.2, 0.25) is 5.95 Å². The Kier molecular flexibility index (Phi) is 2.00. The van der Waals surface area contributed by atoms with Crippen LogP contribution in [-0.2, 0) is 6.42 Å². The summed E-state index contributed by atoms with van der Waals surface area (Å²) >= 11 is 0. The number of anilines is 1. The number of nitrogens with two attached hydrogens (primary N) is 1. The van der Waals surface area contributed by atoms with Crippen molar-refractivity contribution in [2.75, 3.05) is 5.73 Å². The van der Waals surface area contributed by atoms with Crippen LogP contribution in [0, 0.1) is 5.92 Å². The average molecular weight is 180 g/mol. The van der Waals surface area contributed by atoms with Gasteiger partial charge in [-0.05, 0) is 5.92 Å². The van der Waals surface area contributed by atoms with Crippen molar-refractivity contribution < 1.29 is 0 Å². The second-order valence-electron chi connectivity index (χ2n) is 3.46. The molecule has 1 aromatic rings. The van der Waals surface area contributed by atoms with Gasteiger partial charge in [-0.15, -0.1) is 0 Å². The minimum Gasteiger partial charge on any atom is -0.368 e. The van der Waals surface area contributed by atoms with Gasteiger partial charge in [0, 0.05) is 6.42 Å². The molecule has 1 fully saturated rings. The summed E-state index contributed by atoms with van der Waals surface area (Å²) in [5, 5.41) is 0. The Morgan fingerprint density at radius 3 is 2.77 bits per heavy atom. The summed E-state index contributed by atoms with van der Waals surface area (Å²) in [6.45, 7) is 0. The standard InChI is InChI=1S/C8H12N4O/c9-7-10-6(11-8(13)12-7)4-5-2-1-3-5/h5H,1-4H2,(H3,9,10,11,12,13). The predicted octanol–water partition coefficient (Wildman–Crippen LogP) is 0.0897. The molecule has 1 aromatic heterocycles. The van der Waals surface area contributed by atoms with Crippen LogP contribution < -0.4 is 11.4 Å². The molecule has 1 aliphatic rings. The van der Waals surface area contributed by atoms with E-state index in [-0.39, 0.29) is 5.95 Å². The fourth-order valence-electron chi connectivity index (χ4n) is 1.51. The smallest absolute Gasteiger partial charge is 0.349 e. The Morgan fingerprint density at radius 1 is 1.46 bits per heavy atom. The first kappa shape index (κ1) is 8.22. The fourth-order valence-corrected chi connectivity index (χ4v) is 1.51. The van der Waals surface area contributed by atoms with Crippen molar-refractivity contribution >= 4 is 5.95 Å². The van der Waals surface area contributed by atoms with Crippen LogP contribution in [0.3, 0.4) is 0 Å². The molecule has 5 nitrogen and oxygen atoms in total. The third-order valence-corrected chi connectivity index (χ3v) is 2.42. The Morgan fingerprint density at radius 2 is 2.23 bits per heavy atom. The number of aromatic amines is 1. The van der Waals surface area contributed by atoms with E-state index in [1.54, 1.807) is 0 Å². The molecule has 13 heavy (non-hydrogen) atoms. The molecule has 1 saturated carbocycles. The van der Waals surface area contributed by atoms with Gasteiger partial charge in [-0.2, -0.15) is 9.97 Å². The number of nitrogen functional groups attached to an aromatic ring is 1. The normalized spacial score (nSPS) is 16.9. The zero-order valence-corrected chi connectivity index (χ0v) is 7.29. The van der Waals surface area contributed by atoms with E-state index in [2.05, 4.69) is 15.0 Å². The summed E-state index contributed by atoms with van der Waals surface area (Å²) in [6.07, 6.45) is 4.56. The summed E-state index contributed by atoms with van der Waals surface area (Å²) in [5.74, 6) is 1.41. The summed E-state index contributed by atoms with van der Waals surface area (Å²) in [5.41, 5.74) is 4.95. The molecule has 1 aliphatic carbocycles. The molecule has 0 spiro atoms. The van der Waals surface area contributed by atoms with E-state index in [1.807, 2.05) is 0 Å². The SMILES string of the molecule is Nc1nc(CC2CCC2)[nH]c(=O)n1. The van der Waals surface area contributed by atoms with E-state index < -0.39 is 5.69 Å². The molecule has 0 atom stereocenters. The molecule has 0 unspecified atom stereocenters. The van der Waals surface area contributed by atoms with Crippen LogP contribution in [0.1, 0.15) is 25.1 Å². The average Bonchev–Trinajstić information content (AvgIpc) is 1.95. The lowest BCUT2D eigenvalue weighted by atomic mass is 9.83. The number of hydrogen-bond donors (Lipinski definition) is 2. The van der Waals surface area contributed by atoms with Crippen molar-refractivity contribution in [1.29, 1.82) is 0 Å². The minimum atomic E-state index is -0.401. The van der Waals surface area contributed by atoms with Crippen LogP contribution in [0.25, 0.3) is 0 Å². The number of hydrogen-bond acceptors (Lipinski definition) is 4. The van der Waals surface area contributed by atoms with Crippen LogP contribution in [0.5, 0.6) is 0 Å². The molecule has 3 N–H and O–H groups in total. The van der Waals surface area contributed by atoms with Crippen molar-refractivity contribution in [3.63, 3.8) is 0 Å². The predicted molar refractivity (Wildman–Crippen MR) is 48.1 cm³/mol. The minimum absolute atomic E-state index is 0.0677. The highest BCUT2D eigenvalue weighted by Crippen LogP contribution is 2.28. The van der Waals surface area contributed by atoms with Gasteiger partial charge in [-0.25, -0.2) is 4.79 Å². The lowest BCUT2D eigenvalue weighted by molar-refractivity contribution is 0.309. The molecule has 0 aliphatic heterocycles. The van der Waals surface area contributed by atoms with Gasteiger partial charge in [0.05, 0.1) is 0 Å². The Balaban J connectivity index is 2.14. The first-order valence-corrected chi connectivity index (χ1v) is 4.47. The summed E-state index contributed by atoms with van der Waals surface area (Å²) in [7, 11) is 0. The van der Waals surface area contributed by atoms with Crippen molar-refractivity contribution in [3.8, 4) is 0 Å². The molecule has 0 saturated heterocycles. The first-order chi connectivity index (χ1) is 6.24. The van der Waals surface area contributed by atoms with Gasteiger partial charge in [-0.3, -0.25) is 4.98 Å². The Labute approximate surface area is 75.4 Å². The van der Waals surface area contributed by atoms with Crippen LogP contribution in [-0.4, -0.2) is 15.0 Å². The molecular formula is C8H12N4O. The van der Waals surface area contributed by atoms with E-state index in [9.17, 15) is 4.79 Å². The first-order valence-electron chi connectivity index (χ1n) is 4.47. The maximum atomic E-state index is 10.9. The molecule has 0 radical (unpaired) electrons. The summed E-state index contributed by atoms with van der Waals surface area (Å²) < 4.78 is 0. The highest BCUT2D eigenvalue weighted by Gasteiger charge is 2.18. The molecule has 1 heterocycles. The van der Waals surface area contributed by atoms with Gasteiger partial charge in [0.25, 0.3) is 0 Å². The molecule has 0 bridgehead atoms. The third-order valence-electron chi connectivity index (χ3n) is 2.42. The molecule has 70 valence electrons. The Hall–Kier alpha value is -1.39. The van der Waals surface area contributed by atoms with Crippen molar-refractivity contribution in [2.45, 2.75) is 25.7 Å². The van der Waals surface area contributed by atoms with Crippen LogP contribution in [0.2, 0.25) is 0 Å². The molecule has 2 rings (SSSR count). The zero-order chi connectivity index (χ0) is 9.26. The zero-order valence-electron chi connectivity index (χ0n) is 7.29. The van der Waals surface area contributed by atoms with Gasteiger partial charge < -0.3 is 5.73 Å². The van der Waals surface area contributed by atoms with Crippen LogP contribution in [0.15, 0.2) is 4.79 Å². The van der Waals surface area contributed by atoms with Gasteiger partial charge in [0.1, 0.15) is 5.82 Å². The van der Waals surface area contributed by atoms with Gasteiger partial charge >= 0.3 is 5.69 Å². The van der Waals surface area contributed by atoms with Crippen LogP contribution in [0.4, 0.5) is 5.95 Å². The van der Waals surface area contributed by atoms with E-state index >= 15 is 0 Å². The number of nitrogens with zero attached hydrogens (tertiary/aromatic N) is 2. The van der Waals surface area contributed by atoms with Crippen LogP contribution >= 0.6 is 0 Å². The van der Waals surface area contributed by atoms with E-state index in [1.165, 1.54) is 19.3 Å². The van der Waals surface area contributed by atoms with E-state index in [4.69, 9.17) is 5.73 Å². The second-order valence-corrected chi connectivity index (χ2v) is 3.46. The quantitative estimate of drug-likeness (QED) is 0.675. The maximum Gasteiger partial charge on any atom is 0.349 e. The maximum absolute atomic E-state index is 10.9. The van der Waals surface area contributed by atoms with Crippen molar-refractivity contribution in [3.05, 3.63) is 16.3 Å². The lowest BCUT2D eigenvalue weighted by Gasteiger charge is -2.24. The van der Waals surface area contributed by atoms with E-state index in [0.29, 0.717) is 11.7 Å². The topological polar surface area (TPSA) is 84.7 Å². The number of nitrogens with one attached hydrogen (secondary N) is 1. The largest absolute Gasteiger partial charge is 0.368 e. The Bertz CT molecular complexity index is 355.